The molecule has 0 aliphatic carbocycles. The summed E-state index contributed by atoms with van der Waals surface area (Å²) < 4.78 is 0. The summed E-state index contributed by atoms with van der Waals surface area (Å²) in [4.78, 5) is 13.3. The second-order valence-electron chi connectivity index (χ2n) is 3.56. The van der Waals surface area contributed by atoms with Gasteiger partial charge < -0.3 is 15.3 Å². The van der Waals surface area contributed by atoms with Crippen molar-refractivity contribution in [1.29, 1.82) is 0 Å². The average molecular weight is 211 g/mol. The predicted molar refractivity (Wildman–Crippen MR) is 51.1 cm³/mol. The highest BCUT2D eigenvalue weighted by atomic mass is 16.3. The Kier molecular flexibility index (Phi) is 2.65. The number of rotatable bonds is 2. The van der Waals surface area contributed by atoms with Gasteiger partial charge in [-0.3, -0.25) is 4.79 Å². The number of nitrogens with zero attached hydrogens (tertiary/aromatic N) is 3. The maximum absolute atomic E-state index is 11.8. The number of aliphatic hydroxyl groups is 1. The Morgan fingerprint density at radius 1 is 1.67 bits per heavy atom. The first-order chi connectivity index (χ1) is 7.20. The highest BCUT2D eigenvalue weighted by Crippen LogP contribution is 2.09. The van der Waals surface area contributed by atoms with Crippen LogP contribution in [0, 0.1) is 0 Å². The molecule has 0 radical (unpaired) electrons. The zero-order valence-corrected chi connectivity index (χ0v) is 8.34. The second-order valence-corrected chi connectivity index (χ2v) is 3.56. The zero-order valence-electron chi connectivity index (χ0n) is 8.34. The largest absolute Gasteiger partial charge is 0.390 e. The van der Waals surface area contributed by atoms with Crippen LogP contribution in [-0.4, -0.2) is 63.6 Å². The van der Waals surface area contributed by atoms with E-state index < -0.39 is 6.10 Å². The lowest BCUT2D eigenvalue weighted by Gasteiger charge is -2.25. The third kappa shape index (κ3) is 1.83. The van der Waals surface area contributed by atoms with Crippen molar-refractivity contribution in [3.63, 3.8) is 0 Å². The van der Waals surface area contributed by atoms with Crippen molar-refractivity contribution in [2.75, 3.05) is 20.1 Å². The number of hydrogen-bond donors (Lipinski definition) is 3. The van der Waals surface area contributed by atoms with Crippen molar-refractivity contribution < 1.29 is 9.90 Å². The smallest absolute Gasteiger partial charge is 0.276 e. The molecule has 1 aliphatic rings. The van der Waals surface area contributed by atoms with E-state index in [1.807, 2.05) is 0 Å². The molecule has 1 saturated heterocycles. The van der Waals surface area contributed by atoms with Crippen molar-refractivity contribution in [2.45, 2.75) is 12.1 Å². The normalized spacial score (nSPS) is 25.5. The van der Waals surface area contributed by atoms with E-state index in [4.69, 9.17) is 0 Å². The number of amides is 1. The quantitative estimate of drug-likeness (QED) is 0.537. The molecule has 7 heteroatoms. The fraction of sp³-hybridized carbons (Fsp3) is 0.625. The topological polar surface area (TPSA) is 94.1 Å². The van der Waals surface area contributed by atoms with Gasteiger partial charge in [0.1, 0.15) is 0 Å². The minimum atomic E-state index is -0.522. The van der Waals surface area contributed by atoms with Crippen molar-refractivity contribution in [1.82, 2.24) is 25.6 Å². The Labute approximate surface area is 86.5 Å². The Hall–Kier alpha value is -1.47. The molecule has 0 bridgehead atoms. The molecule has 1 amide bonds. The molecule has 1 fully saturated rings. The molecule has 0 aromatic carbocycles. The van der Waals surface area contributed by atoms with Gasteiger partial charge in [0.25, 0.3) is 5.91 Å². The molecule has 0 saturated carbocycles. The van der Waals surface area contributed by atoms with Gasteiger partial charge in [0.15, 0.2) is 5.69 Å². The Balaban J connectivity index is 2.07. The van der Waals surface area contributed by atoms with Gasteiger partial charge in [-0.2, -0.15) is 15.4 Å². The van der Waals surface area contributed by atoms with Gasteiger partial charge in [-0.25, -0.2) is 0 Å². The molecule has 2 rings (SSSR count). The molecule has 82 valence electrons. The van der Waals surface area contributed by atoms with E-state index in [0.717, 1.165) is 0 Å². The number of β-amino-alcohol motifs (C(OH)–C–C–N with tert-alkyl or cyclic N) is 1. The van der Waals surface area contributed by atoms with Gasteiger partial charge in [0, 0.05) is 20.1 Å². The third-order valence-corrected chi connectivity index (χ3v) is 2.60. The van der Waals surface area contributed by atoms with Gasteiger partial charge in [0.2, 0.25) is 0 Å². The van der Waals surface area contributed by atoms with Gasteiger partial charge in [0.05, 0.1) is 18.3 Å². The summed E-state index contributed by atoms with van der Waals surface area (Å²) in [6.07, 6.45) is 0.846. The molecule has 15 heavy (non-hydrogen) atoms. The number of aromatic amines is 1. The van der Waals surface area contributed by atoms with E-state index in [1.165, 1.54) is 11.1 Å². The monoisotopic (exact) mass is 211 g/mol. The summed E-state index contributed by atoms with van der Waals surface area (Å²) in [5.41, 5.74) is 0.261. The lowest BCUT2D eigenvalue weighted by molar-refractivity contribution is 0.0576. The first-order valence-electron chi connectivity index (χ1n) is 4.72. The van der Waals surface area contributed by atoms with Crippen LogP contribution >= 0.6 is 0 Å². The standard InChI is InChI=1S/C8H13N5O2/c1-13(6-3-9-4-7(6)14)8(15)5-2-10-12-11-5/h2,6-7,9,14H,3-4H2,1H3,(H,10,11,12)/t6-,7-/m1/s1. The van der Waals surface area contributed by atoms with Gasteiger partial charge in [-0.15, -0.1) is 0 Å². The van der Waals surface area contributed by atoms with E-state index in [2.05, 4.69) is 20.7 Å². The van der Waals surface area contributed by atoms with Crippen LogP contribution in [0.3, 0.4) is 0 Å². The van der Waals surface area contributed by atoms with Crippen LogP contribution in [-0.2, 0) is 0 Å². The van der Waals surface area contributed by atoms with Crippen molar-refractivity contribution in [3.05, 3.63) is 11.9 Å². The summed E-state index contributed by atoms with van der Waals surface area (Å²) in [6.45, 7) is 1.11. The summed E-state index contributed by atoms with van der Waals surface area (Å²) >= 11 is 0. The Bertz CT molecular complexity index is 339. The lowest BCUT2D eigenvalue weighted by Crippen LogP contribution is -2.44. The SMILES string of the molecule is CN(C(=O)c1cn[nH]n1)[C@@H]1CNC[C@H]1O. The number of carbonyl (C=O) groups excluding carboxylic acids is 1. The maximum atomic E-state index is 11.8. The van der Waals surface area contributed by atoms with Crippen LogP contribution in [0.2, 0.25) is 0 Å². The maximum Gasteiger partial charge on any atom is 0.276 e. The molecule has 2 atom stereocenters. The van der Waals surface area contributed by atoms with Crippen molar-refractivity contribution >= 4 is 5.91 Å². The highest BCUT2D eigenvalue weighted by Gasteiger charge is 2.32. The van der Waals surface area contributed by atoms with Crippen LogP contribution in [0.25, 0.3) is 0 Å². The van der Waals surface area contributed by atoms with Gasteiger partial charge in [-0.05, 0) is 0 Å². The minimum absolute atomic E-state index is 0.200. The Morgan fingerprint density at radius 2 is 2.47 bits per heavy atom. The summed E-state index contributed by atoms with van der Waals surface area (Å²) in [6, 6.07) is -0.200. The minimum Gasteiger partial charge on any atom is -0.390 e. The van der Waals surface area contributed by atoms with Crippen molar-refractivity contribution in [2.24, 2.45) is 0 Å². The van der Waals surface area contributed by atoms with Crippen LogP contribution in [0.1, 0.15) is 10.5 Å². The zero-order chi connectivity index (χ0) is 10.8. The molecular formula is C8H13N5O2. The fourth-order valence-electron chi connectivity index (χ4n) is 1.68. The number of likely N-dealkylation sites (N-methyl/N-ethyl adjacent to an activating group) is 1. The molecule has 2 heterocycles. The molecule has 0 unspecified atom stereocenters. The van der Waals surface area contributed by atoms with Gasteiger partial charge in [-0.1, -0.05) is 0 Å². The van der Waals surface area contributed by atoms with Gasteiger partial charge >= 0.3 is 0 Å². The summed E-state index contributed by atoms with van der Waals surface area (Å²) in [5, 5.41) is 22.3. The molecule has 0 spiro atoms. The fourth-order valence-corrected chi connectivity index (χ4v) is 1.68. The first-order valence-corrected chi connectivity index (χ1v) is 4.72. The number of aromatic nitrogens is 3. The molecule has 1 aromatic heterocycles. The molecule has 1 aliphatic heterocycles. The van der Waals surface area contributed by atoms with E-state index >= 15 is 0 Å². The van der Waals surface area contributed by atoms with Crippen LogP contribution < -0.4 is 5.32 Å². The summed E-state index contributed by atoms with van der Waals surface area (Å²) in [7, 11) is 1.65. The highest BCUT2D eigenvalue weighted by molar-refractivity contribution is 5.92. The molecule has 3 N–H and O–H groups in total. The van der Waals surface area contributed by atoms with Crippen molar-refractivity contribution in [3.8, 4) is 0 Å². The lowest BCUT2D eigenvalue weighted by atomic mass is 10.2. The predicted octanol–water partition coefficient (Wildman–Crippen LogP) is -1.79. The molecule has 1 aromatic rings. The van der Waals surface area contributed by atoms with Crippen LogP contribution in [0.5, 0.6) is 0 Å². The van der Waals surface area contributed by atoms with E-state index in [-0.39, 0.29) is 17.6 Å². The van der Waals surface area contributed by atoms with Crippen LogP contribution in [0.4, 0.5) is 0 Å². The molecule has 7 nitrogen and oxygen atoms in total. The van der Waals surface area contributed by atoms with Crippen LogP contribution in [0.15, 0.2) is 6.20 Å². The number of nitrogens with one attached hydrogen (secondary N) is 2. The summed E-state index contributed by atoms with van der Waals surface area (Å²) in [5.74, 6) is -0.239. The second kappa shape index (κ2) is 3.95. The number of carbonyl (C=O) groups is 1. The number of hydrogen-bond acceptors (Lipinski definition) is 5. The number of aliphatic hydroxyl groups excluding tert-OH is 1. The third-order valence-electron chi connectivity index (χ3n) is 2.60. The van der Waals surface area contributed by atoms with E-state index in [0.29, 0.717) is 13.1 Å². The molecular weight excluding hydrogens is 198 g/mol. The average Bonchev–Trinajstić information content (AvgIpc) is 2.85. The van der Waals surface area contributed by atoms with E-state index in [9.17, 15) is 9.90 Å². The number of H-pyrrole nitrogens is 1. The van der Waals surface area contributed by atoms with E-state index in [1.54, 1.807) is 7.05 Å². The Morgan fingerprint density at radius 3 is 3.00 bits per heavy atom. The first kappa shape index (κ1) is 10.1.